The van der Waals surface area contributed by atoms with Gasteiger partial charge in [0.05, 0.1) is 28.2 Å². The molecule has 4 aromatic rings. The van der Waals surface area contributed by atoms with E-state index < -0.39 is 54.0 Å². The summed E-state index contributed by atoms with van der Waals surface area (Å²) in [7, 11) is 1.28. The molecule has 46 heavy (non-hydrogen) atoms. The topological polar surface area (TPSA) is 65.5 Å². The van der Waals surface area contributed by atoms with Crippen LogP contribution in [0.15, 0.2) is 72.9 Å². The van der Waals surface area contributed by atoms with E-state index in [0.29, 0.717) is 46.1 Å². The van der Waals surface area contributed by atoms with Crippen LogP contribution in [0.2, 0.25) is 0 Å². The summed E-state index contributed by atoms with van der Waals surface area (Å²) in [5.41, 5.74) is -1.12. The first kappa shape index (κ1) is 32.7. The van der Waals surface area contributed by atoms with Crippen molar-refractivity contribution >= 4 is 22.8 Å². The largest absolute Gasteiger partial charge is 0.416 e. The maximum atomic E-state index is 14.0. The molecule has 0 unspecified atom stereocenters. The lowest BCUT2D eigenvalue weighted by atomic mass is 9.89. The first-order valence-electron chi connectivity index (χ1n) is 14.3. The number of pyridine rings is 1. The van der Waals surface area contributed by atoms with Crippen molar-refractivity contribution in [2.45, 2.75) is 50.7 Å². The standard InChI is InChI=1S/C33H29F7N4O2/c1-19-13-23(34)7-8-25(19)29-17-24(42-30(45)27-9-11-41-28-6-4-3-5-26(27)28)10-12-44(29)31(46)43(2)18-20-14-21(32(35,36)37)16-22(15-20)33(38,39)40/h3-9,11,13-16,24,29H,10,12,17-18H2,1-2H3,(H,42,45)/t24-,29-/m1/s1. The highest BCUT2D eigenvalue weighted by molar-refractivity contribution is 6.06. The fraction of sp³-hybridized carbons (Fsp3) is 0.303. The summed E-state index contributed by atoms with van der Waals surface area (Å²) >= 11 is 0. The summed E-state index contributed by atoms with van der Waals surface area (Å²) < 4.78 is 94.6. The zero-order valence-corrected chi connectivity index (χ0v) is 24.7. The van der Waals surface area contributed by atoms with Gasteiger partial charge in [-0.15, -0.1) is 0 Å². The minimum Gasteiger partial charge on any atom is -0.349 e. The first-order valence-corrected chi connectivity index (χ1v) is 14.3. The van der Waals surface area contributed by atoms with Crippen LogP contribution in [-0.2, 0) is 18.9 Å². The summed E-state index contributed by atoms with van der Waals surface area (Å²) in [5.74, 6) is -0.841. The van der Waals surface area contributed by atoms with Crippen LogP contribution >= 0.6 is 0 Å². The molecular formula is C33H29F7N4O2. The van der Waals surface area contributed by atoms with E-state index in [2.05, 4.69) is 10.3 Å². The summed E-state index contributed by atoms with van der Waals surface area (Å²) in [5, 5.41) is 3.68. The minimum atomic E-state index is -5.03. The number of nitrogens with zero attached hydrogens (tertiary/aromatic N) is 3. The maximum Gasteiger partial charge on any atom is 0.416 e. The highest BCUT2D eigenvalue weighted by atomic mass is 19.4. The monoisotopic (exact) mass is 646 g/mol. The Kier molecular flexibility index (Phi) is 8.96. The van der Waals surface area contributed by atoms with E-state index in [9.17, 15) is 40.3 Å². The van der Waals surface area contributed by atoms with Crippen molar-refractivity contribution in [1.82, 2.24) is 20.1 Å². The third-order valence-corrected chi connectivity index (χ3v) is 8.06. The van der Waals surface area contributed by atoms with Crippen LogP contribution in [0.3, 0.4) is 0 Å². The number of urea groups is 1. The molecule has 1 aliphatic rings. The van der Waals surface area contributed by atoms with Crippen molar-refractivity contribution in [3.8, 4) is 0 Å². The van der Waals surface area contributed by atoms with Gasteiger partial charge in [0, 0.05) is 37.8 Å². The Morgan fingerprint density at radius 1 is 0.957 bits per heavy atom. The van der Waals surface area contributed by atoms with Crippen molar-refractivity contribution in [3.05, 3.63) is 112 Å². The summed E-state index contributed by atoms with van der Waals surface area (Å²) in [4.78, 5) is 33.9. The zero-order chi connectivity index (χ0) is 33.4. The van der Waals surface area contributed by atoms with Crippen LogP contribution in [0, 0.1) is 12.7 Å². The number of halogens is 7. The number of rotatable bonds is 5. The molecule has 3 amide bonds. The normalized spacial score (nSPS) is 17.2. The van der Waals surface area contributed by atoms with Gasteiger partial charge in [-0.3, -0.25) is 9.78 Å². The molecule has 0 radical (unpaired) electrons. The number of fused-ring (bicyclic) bond motifs is 1. The molecule has 0 spiro atoms. The van der Waals surface area contributed by atoms with E-state index in [-0.39, 0.29) is 30.5 Å². The van der Waals surface area contributed by atoms with Crippen molar-refractivity contribution in [2.75, 3.05) is 13.6 Å². The summed E-state index contributed by atoms with van der Waals surface area (Å²) in [6, 6.07) is 12.3. The van der Waals surface area contributed by atoms with Gasteiger partial charge < -0.3 is 15.1 Å². The number of nitrogens with one attached hydrogen (secondary N) is 1. The smallest absolute Gasteiger partial charge is 0.349 e. The second-order valence-electron chi connectivity index (χ2n) is 11.3. The number of hydrogen-bond donors (Lipinski definition) is 1. The number of para-hydroxylation sites is 1. The Morgan fingerprint density at radius 2 is 1.63 bits per heavy atom. The molecule has 1 N–H and O–H groups in total. The number of aryl methyl sites for hydroxylation is 1. The van der Waals surface area contributed by atoms with E-state index in [4.69, 9.17) is 0 Å². The van der Waals surface area contributed by atoms with Gasteiger partial charge in [0.15, 0.2) is 0 Å². The second kappa shape index (κ2) is 12.6. The molecule has 1 aliphatic heterocycles. The molecule has 2 atom stereocenters. The van der Waals surface area contributed by atoms with Crippen molar-refractivity contribution in [2.24, 2.45) is 0 Å². The van der Waals surface area contributed by atoms with E-state index in [0.717, 1.165) is 4.90 Å². The lowest BCUT2D eigenvalue weighted by Gasteiger charge is -2.42. The molecule has 0 saturated carbocycles. The Hall–Kier alpha value is -4.68. The molecule has 1 aromatic heterocycles. The van der Waals surface area contributed by atoms with Crippen molar-refractivity contribution in [1.29, 1.82) is 0 Å². The predicted octanol–water partition coefficient (Wildman–Crippen LogP) is 7.91. The number of benzene rings is 3. The number of piperidine rings is 1. The van der Waals surface area contributed by atoms with Gasteiger partial charge in [-0.25, -0.2) is 9.18 Å². The van der Waals surface area contributed by atoms with E-state index in [1.165, 1.54) is 36.3 Å². The van der Waals surface area contributed by atoms with Crippen LogP contribution in [0.5, 0.6) is 0 Å². The van der Waals surface area contributed by atoms with E-state index in [1.807, 2.05) is 0 Å². The lowest BCUT2D eigenvalue weighted by Crippen LogP contribution is -2.51. The average Bonchev–Trinajstić information content (AvgIpc) is 2.99. The maximum absolute atomic E-state index is 14.0. The number of amides is 3. The number of hydrogen-bond acceptors (Lipinski definition) is 3. The number of carbonyl (C=O) groups excluding carboxylic acids is 2. The molecular weight excluding hydrogens is 617 g/mol. The molecule has 6 nitrogen and oxygen atoms in total. The van der Waals surface area contributed by atoms with Crippen LogP contribution < -0.4 is 5.32 Å². The molecule has 242 valence electrons. The minimum absolute atomic E-state index is 0.0342. The van der Waals surface area contributed by atoms with Crippen LogP contribution in [-0.4, -0.2) is 46.4 Å². The number of carbonyl (C=O) groups is 2. The molecule has 2 heterocycles. The van der Waals surface area contributed by atoms with Gasteiger partial charge in [-0.2, -0.15) is 26.3 Å². The third-order valence-electron chi connectivity index (χ3n) is 8.06. The Balaban J connectivity index is 1.40. The molecule has 1 fully saturated rings. The summed E-state index contributed by atoms with van der Waals surface area (Å²) in [6.07, 6.45) is -7.99. The average molecular weight is 647 g/mol. The van der Waals surface area contributed by atoms with Crippen molar-refractivity contribution < 1.29 is 40.3 Å². The third kappa shape index (κ3) is 7.08. The molecule has 13 heteroatoms. The van der Waals surface area contributed by atoms with Gasteiger partial charge >= 0.3 is 18.4 Å². The van der Waals surface area contributed by atoms with Gasteiger partial charge in [0.1, 0.15) is 5.82 Å². The van der Waals surface area contributed by atoms with Gasteiger partial charge in [-0.05, 0) is 78.9 Å². The quantitative estimate of drug-likeness (QED) is 0.224. The van der Waals surface area contributed by atoms with Crippen LogP contribution in [0.25, 0.3) is 10.9 Å². The van der Waals surface area contributed by atoms with E-state index in [1.54, 1.807) is 37.3 Å². The molecule has 0 bridgehead atoms. The first-order chi connectivity index (χ1) is 21.6. The van der Waals surface area contributed by atoms with Gasteiger partial charge in [-0.1, -0.05) is 24.3 Å². The van der Waals surface area contributed by atoms with Gasteiger partial charge in [0.25, 0.3) is 5.91 Å². The highest BCUT2D eigenvalue weighted by Crippen LogP contribution is 2.38. The lowest BCUT2D eigenvalue weighted by molar-refractivity contribution is -0.143. The fourth-order valence-electron chi connectivity index (χ4n) is 5.86. The Morgan fingerprint density at radius 3 is 2.28 bits per heavy atom. The number of aromatic nitrogens is 1. The Labute approximate surface area is 259 Å². The molecule has 5 rings (SSSR count). The Bertz CT molecular complexity index is 1740. The zero-order valence-electron chi connectivity index (χ0n) is 24.7. The highest BCUT2D eigenvalue weighted by Gasteiger charge is 2.38. The number of likely N-dealkylation sites (tertiary alicyclic amines) is 1. The fourth-order valence-corrected chi connectivity index (χ4v) is 5.86. The summed E-state index contributed by atoms with van der Waals surface area (Å²) in [6.45, 7) is 1.23. The van der Waals surface area contributed by atoms with Gasteiger partial charge in [0.2, 0.25) is 0 Å². The molecule has 3 aromatic carbocycles. The SMILES string of the molecule is Cc1cc(F)ccc1[C@H]1C[C@H](NC(=O)c2ccnc3ccccc23)CCN1C(=O)N(C)Cc1cc(C(F)(F)F)cc(C(F)(F)F)c1. The van der Waals surface area contributed by atoms with Crippen molar-refractivity contribution in [3.63, 3.8) is 0 Å². The van der Waals surface area contributed by atoms with Crippen LogP contribution in [0.4, 0.5) is 35.5 Å². The van der Waals surface area contributed by atoms with Crippen LogP contribution in [0.1, 0.15) is 57.1 Å². The van der Waals surface area contributed by atoms with E-state index >= 15 is 0 Å². The predicted molar refractivity (Wildman–Crippen MR) is 156 cm³/mol. The molecule has 1 saturated heterocycles. The second-order valence-corrected chi connectivity index (χ2v) is 11.3. The number of alkyl halides is 6. The molecule has 0 aliphatic carbocycles.